The monoisotopic (exact) mass is 238 g/mol. The van der Waals surface area contributed by atoms with Crippen molar-refractivity contribution in [3.8, 4) is 0 Å². The van der Waals surface area contributed by atoms with E-state index in [9.17, 15) is 4.39 Å². The Kier molecular flexibility index (Phi) is 3.97. The number of halogens is 1. The number of hydrogen-bond acceptors (Lipinski definition) is 3. The molecule has 2 unspecified atom stereocenters. The lowest BCUT2D eigenvalue weighted by atomic mass is 10.0. The Morgan fingerprint density at radius 1 is 1.41 bits per heavy atom. The minimum atomic E-state index is -0.171. The number of para-hydroxylation sites is 1. The molecule has 94 valence electrons. The van der Waals surface area contributed by atoms with Crippen LogP contribution in [-0.2, 0) is 4.74 Å². The molecule has 17 heavy (non-hydrogen) atoms. The van der Waals surface area contributed by atoms with E-state index in [0.717, 1.165) is 19.8 Å². The third-order valence-electron chi connectivity index (χ3n) is 3.34. The Morgan fingerprint density at radius 2 is 2.18 bits per heavy atom. The van der Waals surface area contributed by atoms with Crippen molar-refractivity contribution in [3.63, 3.8) is 0 Å². The van der Waals surface area contributed by atoms with Gasteiger partial charge in [0.2, 0.25) is 0 Å². The Bertz CT molecular complexity index is 372. The summed E-state index contributed by atoms with van der Waals surface area (Å²) in [7, 11) is 3.86. The van der Waals surface area contributed by atoms with Crippen molar-refractivity contribution in [1.29, 1.82) is 0 Å². The molecule has 1 aromatic rings. The minimum absolute atomic E-state index is 0.171. The van der Waals surface area contributed by atoms with Crippen LogP contribution in [0.3, 0.4) is 0 Å². The summed E-state index contributed by atoms with van der Waals surface area (Å²) in [5.41, 5.74) is 0.647. The zero-order chi connectivity index (χ0) is 12.3. The average molecular weight is 238 g/mol. The van der Waals surface area contributed by atoms with Crippen LogP contribution in [0.1, 0.15) is 0 Å². The molecule has 0 saturated carbocycles. The van der Waals surface area contributed by atoms with E-state index >= 15 is 0 Å². The van der Waals surface area contributed by atoms with Crippen molar-refractivity contribution >= 4 is 5.69 Å². The Hall–Kier alpha value is -1.13. The second kappa shape index (κ2) is 5.47. The van der Waals surface area contributed by atoms with Crippen LogP contribution in [0.4, 0.5) is 10.1 Å². The number of nitrogens with one attached hydrogen (secondary N) is 1. The van der Waals surface area contributed by atoms with Gasteiger partial charge in [0, 0.05) is 25.6 Å². The molecule has 2 atom stereocenters. The summed E-state index contributed by atoms with van der Waals surface area (Å²) in [4.78, 5) is 1.96. The number of nitrogens with zero attached hydrogens (tertiary/aromatic N) is 1. The molecule has 0 aliphatic carbocycles. The average Bonchev–Trinajstić information content (AvgIpc) is 2.76. The van der Waals surface area contributed by atoms with Crippen molar-refractivity contribution in [3.05, 3.63) is 30.1 Å². The highest BCUT2D eigenvalue weighted by molar-refractivity contribution is 5.46. The smallest absolute Gasteiger partial charge is 0.146 e. The largest absolute Gasteiger partial charge is 0.379 e. The number of anilines is 1. The maximum Gasteiger partial charge on any atom is 0.146 e. The van der Waals surface area contributed by atoms with Gasteiger partial charge in [-0.1, -0.05) is 12.1 Å². The second-order valence-electron chi connectivity index (χ2n) is 4.52. The van der Waals surface area contributed by atoms with Crippen LogP contribution in [0.15, 0.2) is 24.3 Å². The van der Waals surface area contributed by atoms with Gasteiger partial charge in [-0.3, -0.25) is 0 Å². The lowest BCUT2D eigenvalue weighted by Gasteiger charge is -2.26. The molecule has 0 spiro atoms. The quantitative estimate of drug-likeness (QED) is 0.860. The van der Waals surface area contributed by atoms with Gasteiger partial charge in [0.05, 0.1) is 18.9 Å². The van der Waals surface area contributed by atoms with Crippen LogP contribution in [0, 0.1) is 11.7 Å². The topological polar surface area (TPSA) is 24.5 Å². The molecule has 1 heterocycles. The molecule has 0 aromatic heterocycles. The van der Waals surface area contributed by atoms with Gasteiger partial charge >= 0.3 is 0 Å². The van der Waals surface area contributed by atoms with E-state index in [2.05, 4.69) is 5.32 Å². The zero-order valence-corrected chi connectivity index (χ0v) is 10.3. The molecule has 1 N–H and O–H groups in total. The summed E-state index contributed by atoms with van der Waals surface area (Å²) in [5.74, 6) is 0.236. The zero-order valence-electron chi connectivity index (χ0n) is 10.3. The summed E-state index contributed by atoms with van der Waals surface area (Å²) < 4.78 is 19.0. The number of hydrogen-bond donors (Lipinski definition) is 1. The van der Waals surface area contributed by atoms with E-state index in [1.54, 1.807) is 12.1 Å². The highest BCUT2D eigenvalue weighted by atomic mass is 19.1. The summed E-state index contributed by atoms with van der Waals surface area (Å²) in [6.45, 7) is 2.28. The molecule has 4 heteroatoms. The summed E-state index contributed by atoms with van der Waals surface area (Å²) in [6.07, 6.45) is 0. The van der Waals surface area contributed by atoms with Gasteiger partial charge in [-0.15, -0.1) is 0 Å². The molecule has 1 saturated heterocycles. The minimum Gasteiger partial charge on any atom is -0.379 e. The molecule has 0 radical (unpaired) electrons. The van der Waals surface area contributed by atoms with E-state index in [4.69, 9.17) is 4.74 Å². The first kappa shape index (κ1) is 12.3. The highest BCUT2D eigenvalue weighted by Crippen LogP contribution is 2.21. The van der Waals surface area contributed by atoms with Crippen molar-refractivity contribution in [1.82, 2.24) is 5.32 Å². The predicted octanol–water partition coefficient (Wildman–Crippen LogP) is 1.50. The fourth-order valence-electron chi connectivity index (χ4n) is 2.31. The summed E-state index contributed by atoms with van der Waals surface area (Å²) in [5, 5.41) is 3.24. The number of likely N-dealkylation sites (N-methyl/N-ethyl adjacent to an activating group) is 1. The number of ether oxygens (including phenoxy) is 1. The van der Waals surface area contributed by atoms with Crippen LogP contribution in [-0.4, -0.2) is 39.9 Å². The molecule has 1 aliphatic rings. The fraction of sp³-hybridized carbons (Fsp3) is 0.538. The molecular formula is C13H19FN2O. The van der Waals surface area contributed by atoms with Crippen molar-refractivity contribution in [2.24, 2.45) is 5.92 Å². The van der Waals surface area contributed by atoms with Crippen molar-refractivity contribution < 1.29 is 9.13 Å². The first-order valence-corrected chi connectivity index (χ1v) is 5.93. The van der Waals surface area contributed by atoms with E-state index < -0.39 is 0 Å². The molecule has 2 rings (SSSR count). The Balaban J connectivity index is 2.01. The van der Waals surface area contributed by atoms with Gasteiger partial charge in [0.25, 0.3) is 0 Å². The number of benzene rings is 1. The normalized spacial score (nSPS) is 23.9. The van der Waals surface area contributed by atoms with Crippen molar-refractivity contribution in [2.75, 3.05) is 38.8 Å². The molecule has 1 fully saturated rings. The lowest BCUT2D eigenvalue weighted by Crippen LogP contribution is -2.39. The van der Waals surface area contributed by atoms with E-state index in [1.165, 1.54) is 6.07 Å². The third kappa shape index (κ3) is 2.76. The predicted molar refractivity (Wildman–Crippen MR) is 66.8 cm³/mol. The SMILES string of the molecule is CNC1COCC1CN(C)c1ccccc1F. The molecule has 0 amide bonds. The van der Waals surface area contributed by atoms with E-state index in [1.807, 2.05) is 25.1 Å². The van der Waals surface area contributed by atoms with E-state index in [0.29, 0.717) is 17.6 Å². The lowest BCUT2D eigenvalue weighted by molar-refractivity contribution is 0.183. The molecular weight excluding hydrogens is 219 g/mol. The van der Waals surface area contributed by atoms with E-state index in [-0.39, 0.29) is 5.82 Å². The van der Waals surface area contributed by atoms with Gasteiger partial charge < -0.3 is 15.0 Å². The van der Waals surface area contributed by atoms with Crippen LogP contribution in [0.5, 0.6) is 0 Å². The summed E-state index contributed by atoms with van der Waals surface area (Å²) in [6, 6.07) is 7.23. The second-order valence-corrected chi connectivity index (χ2v) is 4.52. The van der Waals surface area contributed by atoms with Gasteiger partial charge in [-0.05, 0) is 19.2 Å². The van der Waals surface area contributed by atoms with Crippen molar-refractivity contribution in [2.45, 2.75) is 6.04 Å². The first-order chi connectivity index (χ1) is 8.22. The highest BCUT2D eigenvalue weighted by Gasteiger charge is 2.28. The Labute approximate surface area is 102 Å². The summed E-state index contributed by atoms with van der Waals surface area (Å²) >= 11 is 0. The maximum atomic E-state index is 13.6. The van der Waals surface area contributed by atoms with Crippen LogP contribution in [0.2, 0.25) is 0 Å². The standard InChI is InChI=1S/C13H19FN2O/c1-15-12-9-17-8-10(12)7-16(2)13-6-4-3-5-11(13)14/h3-6,10,12,15H,7-9H2,1-2H3. The van der Waals surface area contributed by atoms with Gasteiger partial charge in [-0.25, -0.2) is 4.39 Å². The van der Waals surface area contributed by atoms with Gasteiger partial charge in [0.1, 0.15) is 5.82 Å². The molecule has 0 bridgehead atoms. The van der Waals surface area contributed by atoms with Gasteiger partial charge in [-0.2, -0.15) is 0 Å². The van der Waals surface area contributed by atoms with Crippen LogP contribution in [0.25, 0.3) is 0 Å². The molecule has 3 nitrogen and oxygen atoms in total. The van der Waals surface area contributed by atoms with Crippen LogP contribution < -0.4 is 10.2 Å². The van der Waals surface area contributed by atoms with Crippen LogP contribution >= 0.6 is 0 Å². The molecule has 1 aromatic carbocycles. The third-order valence-corrected chi connectivity index (χ3v) is 3.34. The first-order valence-electron chi connectivity index (χ1n) is 5.93. The number of rotatable bonds is 4. The Morgan fingerprint density at radius 3 is 2.88 bits per heavy atom. The maximum absolute atomic E-state index is 13.6. The molecule has 1 aliphatic heterocycles. The fourth-order valence-corrected chi connectivity index (χ4v) is 2.31. The van der Waals surface area contributed by atoms with Gasteiger partial charge in [0.15, 0.2) is 0 Å².